The first-order chi connectivity index (χ1) is 7.13. The van der Waals surface area contributed by atoms with E-state index >= 15 is 0 Å². The molecule has 1 aromatic rings. The third kappa shape index (κ3) is 1.81. The first-order valence-corrected chi connectivity index (χ1v) is 3.70. The van der Waals surface area contributed by atoms with Gasteiger partial charge in [0.15, 0.2) is 5.69 Å². The summed E-state index contributed by atoms with van der Waals surface area (Å²) in [7, 11) is 1.14. The molecule has 0 fully saturated rings. The standard InChI is InChI=1S/C8H5N5O2/c1-15-8(14)6-4(2-9)12-5(3-10)13-7(6)11/h1H3,(H2,11,12,13). The van der Waals surface area contributed by atoms with Crippen LogP contribution in [0.5, 0.6) is 0 Å². The molecule has 7 heteroatoms. The van der Waals surface area contributed by atoms with Crippen molar-refractivity contribution in [2.24, 2.45) is 0 Å². The van der Waals surface area contributed by atoms with E-state index < -0.39 is 5.97 Å². The van der Waals surface area contributed by atoms with Crippen molar-refractivity contribution in [1.29, 1.82) is 10.5 Å². The van der Waals surface area contributed by atoms with Crippen LogP contribution in [0.1, 0.15) is 21.9 Å². The van der Waals surface area contributed by atoms with Gasteiger partial charge in [0.05, 0.1) is 7.11 Å². The smallest absolute Gasteiger partial charge is 0.344 e. The van der Waals surface area contributed by atoms with Crippen LogP contribution in [0.25, 0.3) is 0 Å². The molecule has 0 amide bonds. The number of anilines is 1. The Morgan fingerprint density at radius 1 is 1.40 bits per heavy atom. The minimum absolute atomic E-state index is 0.223. The van der Waals surface area contributed by atoms with E-state index in [4.69, 9.17) is 16.3 Å². The number of aromatic nitrogens is 2. The predicted molar refractivity (Wildman–Crippen MR) is 47.2 cm³/mol. The predicted octanol–water partition coefficient (Wildman–Crippen LogP) is -0.411. The maximum Gasteiger partial charge on any atom is 0.344 e. The van der Waals surface area contributed by atoms with Crippen LogP contribution in [-0.2, 0) is 4.74 Å². The lowest BCUT2D eigenvalue weighted by Crippen LogP contribution is -2.13. The molecule has 0 unspecified atom stereocenters. The molecule has 7 nitrogen and oxygen atoms in total. The molecule has 0 saturated carbocycles. The van der Waals surface area contributed by atoms with Gasteiger partial charge < -0.3 is 10.5 Å². The van der Waals surface area contributed by atoms with Crippen molar-refractivity contribution in [2.75, 3.05) is 12.8 Å². The Kier molecular flexibility index (Phi) is 2.79. The van der Waals surface area contributed by atoms with Gasteiger partial charge in [0, 0.05) is 0 Å². The lowest BCUT2D eigenvalue weighted by Gasteiger charge is -2.03. The van der Waals surface area contributed by atoms with E-state index in [2.05, 4.69) is 14.7 Å². The zero-order chi connectivity index (χ0) is 11.4. The zero-order valence-corrected chi connectivity index (χ0v) is 7.68. The number of methoxy groups -OCH3 is 1. The summed E-state index contributed by atoms with van der Waals surface area (Å²) in [6.07, 6.45) is 0. The minimum Gasteiger partial charge on any atom is -0.465 e. The number of ether oxygens (including phenoxy) is 1. The summed E-state index contributed by atoms with van der Waals surface area (Å²) in [6.45, 7) is 0. The van der Waals surface area contributed by atoms with Crippen molar-refractivity contribution >= 4 is 11.8 Å². The van der Waals surface area contributed by atoms with Crippen LogP contribution in [0, 0.1) is 22.7 Å². The average Bonchev–Trinajstić information content (AvgIpc) is 2.26. The number of nitriles is 2. The summed E-state index contributed by atoms with van der Waals surface area (Å²) in [6, 6.07) is 3.26. The number of nitrogens with two attached hydrogens (primary N) is 1. The van der Waals surface area contributed by atoms with E-state index in [9.17, 15) is 4.79 Å². The van der Waals surface area contributed by atoms with E-state index in [-0.39, 0.29) is 22.9 Å². The summed E-state index contributed by atoms with van der Waals surface area (Å²) in [5, 5.41) is 17.2. The normalized spacial score (nSPS) is 8.73. The maximum atomic E-state index is 11.2. The van der Waals surface area contributed by atoms with E-state index in [0.717, 1.165) is 7.11 Å². The Labute approximate surface area is 84.7 Å². The van der Waals surface area contributed by atoms with Gasteiger partial charge in [-0.2, -0.15) is 10.5 Å². The second kappa shape index (κ2) is 4.03. The highest BCUT2D eigenvalue weighted by Gasteiger charge is 2.19. The van der Waals surface area contributed by atoms with E-state index in [1.54, 1.807) is 12.1 Å². The molecule has 0 aliphatic rings. The molecule has 1 aromatic heterocycles. The van der Waals surface area contributed by atoms with Gasteiger partial charge in [0.25, 0.3) is 0 Å². The lowest BCUT2D eigenvalue weighted by atomic mass is 10.2. The van der Waals surface area contributed by atoms with Crippen LogP contribution in [0.2, 0.25) is 0 Å². The van der Waals surface area contributed by atoms with Crippen molar-refractivity contribution in [3.63, 3.8) is 0 Å². The van der Waals surface area contributed by atoms with E-state index in [1.807, 2.05) is 0 Å². The van der Waals surface area contributed by atoms with Crippen molar-refractivity contribution in [1.82, 2.24) is 9.97 Å². The number of hydrogen-bond donors (Lipinski definition) is 1. The Bertz CT molecular complexity index is 497. The second-order valence-electron chi connectivity index (χ2n) is 2.37. The number of carbonyl (C=O) groups is 1. The molecule has 2 N–H and O–H groups in total. The number of esters is 1. The molecule has 0 atom stereocenters. The number of rotatable bonds is 1. The number of nitrogen functional groups attached to an aromatic ring is 1. The van der Waals surface area contributed by atoms with E-state index in [1.165, 1.54) is 0 Å². The summed E-state index contributed by atoms with van der Waals surface area (Å²) in [5.74, 6) is -1.32. The first-order valence-electron chi connectivity index (χ1n) is 3.70. The Balaban J connectivity index is 3.48. The molecule has 1 rings (SSSR count). The minimum atomic E-state index is -0.812. The SMILES string of the molecule is COC(=O)c1c(N)nc(C#N)nc1C#N. The van der Waals surface area contributed by atoms with Gasteiger partial charge >= 0.3 is 5.97 Å². The molecule has 0 spiro atoms. The fraction of sp³-hybridized carbons (Fsp3) is 0.125. The van der Waals surface area contributed by atoms with Gasteiger partial charge in [-0.25, -0.2) is 14.8 Å². The summed E-state index contributed by atoms with van der Waals surface area (Å²) in [5.41, 5.74) is 4.90. The number of hydrogen-bond acceptors (Lipinski definition) is 7. The molecule has 1 heterocycles. The molecular weight excluding hydrogens is 198 g/mol. The third-order valence-electron chi connectivity index (χ3n) is 1.53. The molecule has 0 radical (unpaired) electrons. The highest BCUT2D eigenvalue weighted by Crippen LogP contribution is 2.13. The largest absolute Gasteiger partial charge is 0.465 e. The number of nitrogens with zero attached hydrogens (tertiary/aromatic N) is 4. The second-order valence-corrected chi connectivity index (χ2v) is 2.37. The molecule has 0 bridgehead atoms. The van der Waals surface area contributed by atoms with E-state index in [0.29, 0.717) is 0 Å². The summed E-state index contributed by atoms with van der Waals surface area (Å²) < 4.78 is 4.40. The zero-order valence-electron chi connectivity index (χ0n) is 7.68. The molecule has 0 aromatic carbocycles. The van der Waals surface area contributed by atoms with Gasteiger partial charge in [-0.15, -0.1) is 0 Å². The molecule has 15 heavy (non-hydrogen) atoms. The quantitative estimate of drug-likeness (QED) is 0.614. The third-order valence-corrected chi connectivity index (χ3v) is 1.53. The van der Waals surface area contributed by atoms with Crippen molar-refractivity contribution in [3.8, 4) is 12.1 Å². The van der Waals surface area contributed by atoms with Crippen LogP contribution >= 0.6 is 0 Å². The van der Waals surface area contributed by atoms with Crippen LogP contribution in [-0.4, -0.2) is 23.0 Å². The van der Waals surface area contributed by atoms with Gasteiger partial charge in [0.2, 0.25) is 5.82 Å². The average molecular weight is 203 g/mol. The fourth-order valence-corrected chi connectivity index (χ4v) is 0.912. The van der Waals surface area contributed by atoms with Gasteiger partial charge in [0.1, 0.15) is 23.5 Å². The van der Waals surface area contributed by atoms with Crippen molar-refractivity contribution in [3.05, 3.63) is 17.1 Å². The molecule has 74 valence electrons. The maximum absolute atomic E-state index is 11.2. The van der Waals surface area contributed by atoms with Gasteiger partial charge in [-0.1, -0.05) is 0 Å². The Morgan fingerprint density at radius 2 is 2.07 bits per heavy atom. The molecule has 0 aliphatic carbocycles. The van der Waals surface area contributed by atoms with Crippen LogP contribution in [0.3, 0.4) is 0 Å². The monoisotopic (exact) mass is 203 g/mol. The first kappa shape index (κ1) is 10.4. The number of carbonyl (C=O) groups excluding carboxylic acids is 1. The highest BCUT2D eigenvalue weighted by molar-refractivity contribution is 5.96. The van der Waals surface area contributed by atoms with Crippen LogP contribution in [0.4, 0.5) is 5.82 Å². The molecule has 0 aliphatic heterocycles. The Hall–Kier alpha value is -2.67. The van der Waals surface area contributed by atoms with Crippen LogP contribution < -0.4 is 5.73 Å². The van der Waals surface area contributed by atoms with Gasteiger partial charge in [-0.3, -0.25) is 0 Å². The lowest BCUT2D eigenvalue weighted by molar-refractivity contribution is 0.0600. The Morgan fingerprint density at radius 3 is 2.53 bits per heavy atom. The summed E-state index contributed by atoms with van der Waals surface area (Å²) in [4.78, 5) is 18.2. The topological polar surface area (TPSA) is 126 Å². The van der Waals surface area contributed by atoms with Crippen LogP contribution in [0.15, 0.2) is 0 Å². The molecule has 0 saturated heterocycles. The fourth-order valence-electron chi connectivity index (χ4n) is 0.912. The van der Waals surface area contributed by atoms with Crippen molar-refractivity contribution in [2.45, 2.75) is 0 Å². The van der Waals surface area contributed by atoms with Crippen molar-refractivity contribution < 1.29 is 9.53 Å². The summed E-state index contributed by atoms with van der Waals surface area (Å²) >= 11 is 0. The molecular formula is C8H5N5O2. The highest BCUT2D eigenvalue weighted by atomic mass is 16.5. The van der Waals surface area contributed by atoms with Gasteiger partial charge in [-0.05, 0) is 0 Å².